The standard InChI is InChI=1S/C11H17BrN4O/c1-7(13)8-3-2-4-16(5-8)10-9(12)11(17)15-6-14-10/h6-8H,2-5,13H2,1H3,(H,14,15,17). The van der Waals surface area contributed by atoms with Crippen molar-refractivity contribution in [3.05, 3.63) is 21.2 Å². The molecule has 0 bridgehead atoms. The third-order valence-corrected chi connectivity index (χ3v) is 3.99. The van der Waals surface area contributed by atoms with Crippen LogP contribution in [0, 0.1) is 5.92 Å². The van der Waals surface area contributed by atoms with Gasteiger partial charge in [-0.15, -0.1) is 0 Å². The highest BCUT2D eigenvalue weighted by molar-refractivity contribution is 9.10. The Morgan fingerprint density at radius 2 is 2.47 bits per heavy atom. The number of nitrogens with two attached hydrogens (primary N) is 1. The number of nitrogens with one attached hydrogen (secondary N) is 1. The molecule has 1 fully saturated rings. The fraction of sp³-hybridized carbons (Fsp3) is 0.636. The van der Waals surface area contributed by atoms with Crippen molar-refractivity contribution in [3.8, 4) is 0 Å². The zero-order valence-corrected chi connectivity index (χ0v) is 11.4. The summed E-state index contributed by atoms with van der Waals surface area (Å²) < 4.78 is 0.505. The number of aromatic amines is 1. The number of anilines is 1. The number of hydrogen-bond donors (Lipinski definition) is 2. The highest BCUT2D eigenvalue weighted by Gasteiger charge is 2.25. The summed E-state index contributed by atoms with van der Waals surface area (Å²) in [6, 6.07) is 0.179. The third-order valence-electron chi connectivity index (χ3n) is 3.28. The Bertz CT molecular complexity index is 445. The lowest BCUT2D eigenvalue weighted by Crippen LogP contribution is -2.43. The van der Waals surface area contributed by atoms with Gasteiger partial charge in [-0.1, -0.05) is 0 Å². The largest absolute Gasteiger partial charge is 0.355 e. The minimum atomic E-state index is -0.141. The van der Waals surface area contributed by atoms with Crippen LogP contribution in [0.5, 0.6) is 0 Å². The number of aromatic nitrogens is 2. The number of halogens is 1. The highest BCUT2D eigenvalue weighted by Crippen LogP contribution is 2.26. The summed E-state index contributed by atoms with van der Waals surface area (Å²) in [6.07, 6.45) is 3.68. The molecule has 0 amide bonds. The molecule has 5 nitrogen and oxygen atoms in total. The van der Waals surface area contributed by atoms with Crippen LogP contribution in [0.1, 0.15) is 19.8 Å². The number of piperidine rings is 1. The smallest absolute Gasteiger partial charge is 0.267 e. The molecule has 1 saturated heterocycles. The molecule has 1 aliphatic rings. The predicted octanol–water partition coefficient (Wildman–Crippen LogP) is 1.10. The van der Waals surface area contributed by atoms with Crippen LogP contribution in [0.15, 0.2) is 15.6 Å². The summed E-state index contributed by atoms with van der Waals surface area (Å²) >= 11 is 3.29. The number of H-pyrrole nitrogens is 1. The summed E-state index contributed by atoms with van der Waals surface area (Å²) in [7, 11) is 0. The lowest BCUT2D eigenvalue weighted by molar-refractivity contribution is 0.363. The first-order valence-corrected chi connectivity index (χ1v) is 6.62. The lowest BCUT2D eigenvalue weighted by Gasteiger charge is -2.35. The van der Waals surface area contributed by atoms with E-state index in [4.69, 9.17) is 5.73 Å². The van der Waals surface area contributed by atoms with E-state index < -0.39 is 0 Å². The van der Waals surface area contributed by atoms with Crippen LogP contribution in [-0.4, -0.2) is 29.1 Å². The Labute approximate surface area is 109 Å². The van der Waals surface area contributed by atoms with Crippen molar-refractivity contribution in [2.24, 2.45) is 11.7 Å². The Kier molecular flexibility index (Phi) is 3.83. The second kappa shape index (κ2) is 5.18. The molecule has 6 heteroatoms. The van der Waals surface area contributed by atoms with Gasteiger partial charge < -0.3 is 15.6 Å². The first kappa shape index (κ1) is 12.6. The monoisotopic (exact) mass is 300 g/mol. The van der Waals surface area contributed by atoms with Gasteiger partial charge in [-0.3, -0.25) is 4.79 Å². The maximum Gasteiger partial charge on any atom is 0.267 e. The van der Waals surface area contributed by atoms with Gasteiger partial charge in [-0.05, 0) is 41.6 Å². The van der Waals surface area contributed by atoms with Gasteiger partial charge in [-0.2, -0.15) is 0 Å². The summed E-state index contributed by atoms with van der Waals surface area (Å²) in [5.41, 5.74) is 5.81. The van der Waals surface area contributed by atoms with Gasteiger partial charge in [0.2, 0.25) is 0 Å². The minimum Gasteiger partial charge on any atom is -0.355 e. The first-order valence-electron chi connectivity index (χ1n) is 5.83. The second-order valence-electron chi connectivity index (χ2n) is 4.58. The van der Waals surface area contributed by atoms with Crippen molar-refractivity contribution in [3.63, 3.8) is 0 Å². The molecule has 2 rings (SSSR count). The molecule has 1 aromatic heterocycles. The molecule has 2 atom stereocenters. The second-order valence-corrected chi connectivity index (χ2v) is 5.37. The number of nitrogens with zero attached hydrogens (tertiary/aromatic N) is 2. The van der Waals surface area contributed by atoms with Crippen LogP contribution in [0.4, 0.5) is 5.82 Å². The lowest BCUT2D eigenvalue weighted by atomic mass is 9.92. The van der Waals surface area contributed by atoms with E-state index in [1.807, 2.05) is 6.92 Å². The van der Waals surface area contributed by atoms with Gasteiger partial charge in [0.1, 0.15) is 10.3 Å². The van der Waals surface area contributed by atoms with E-state index in [0.717, 1.165) is 31.7 Å². The van der Waals surface area contributed by atoms with Crippen molar-refractivity contribution in [2.45, 2.75) is 25.8 Å². The average molecular weight is 301 g/mol. The Morgan fingerprint density at radius 1 is 1.71 bits per heavy atom. The van der Waals surface area contributed by atoms with Crippen LogP contribution >= 0.6 is 15.9 Å². The summed E-state index contributed by atoms with van der Waals surface area (Å²) in [5.74, 6) is 1.19. The third kappa shape index (κ3) is 2.69. The molecule has 17 heavy (non-hydrogen) atoms. The molecule has 1 aromatic rings. The van der Waals surface area contributed by atoms with Gasteiger partial charge in [-0.25, -0.2) is 4.98 Å². The zero-order chi connectivity index (χ0) is 12.4. The van der Waals surface area contributed by atoms with Crippen LogP contribution in [-0.2, 0) is 0 Å². The van der Waals surface area contributed by atoms with E-state index in [2.05, 4.69) is 30.8 Å². The quantitative estimate of drug-likeness (QED) is 0.857. The van der Waals surface area contributed by atoms with Gasteiger partial charge in [0.15, 0.2) is 0 Å². The summed E-state index contributed by atoms with van der Waals surface area (Å²) in [5, 5.41) is 0. The van der Waals surface area contributed by atoms with Crippen LogP contribution in [0.25, 0.3) is 0 Å². The minimum absolute atomic E-state index is 0.141. The molecule has 0 spiro atoms. The Morgan fingerprint density at radius 3 is 3.18 bits per heavy atom. The van der Waals surface area contributed by atoms with E-state index in [9.17, 15) is 4.79 Å². The van der Waals surface area contributed by atoms with Crippen molar-refractivity contribution >= 4 is 21.7 Å². The van der Waals surface area contributed by atoms with Gasteiger partial charge in [0, 0.05) is 19.1 Å². The molecular formula is C11H17BrN4O. The molecule has 2 unspecified atom stereocenters. The molecule has 1 aliphatic heterocycles. The number of rotatable bonds is 2. The van der Waals surface area contributed by atoms with E-state index in [1.165, 1.54) is 6.33 Å². The molecule has 0 radical (unpaired) electrons. The van der Waals surface area contributed by atoms with Gasteiger partial charge >= 0.3 is 0 Å². The predicted molar refractivity (Wildman–Crippen MR) is 71.1 cm³/mol. The van der Waals surface area contributed by atoms with Crippen molar-refractivity contribution in [2.75, 3.05) is 18.0 Å². The molecule has 3 N–H and O–H groups in total. The molecule has 94 valence electrons. The normalized spacial score (nSPS) is 22.5. The average Bonchev–Trinajstić information content (AvgIpc) is 2.33. The Balaban J connectivity index is 2.22. The van der Waals surface area contributed by atoms with Crippen LogP contribution < -0.4 is 16.2 Å². The maximum absolute atomic E-state index is 11.5. The summed E-state index contributed by atoms with van der Waals surface area (Å²) in [4.78, 5) is 20.4. The summed E-state index contributed by atoms with van der Waals surface area (Å²) in [6.45, 7) is 3.83. The first-order chi connectivity index (χ1) is 8.09. The Hall–Kier alpha value is -0.880. The van der Waals surface area contributed by atoms with Crippen LogP contribution in [0.3, 0.4) is 0 Å². The van der Waals surface area contributed by atoms with Crippen LogP contribution in [0.2, 0.25) is 0 Å². The highest BCUT2D eigenvalue weighted by atomic mass is 79.9. The van der Waals surface area contributed by atoms with Gasteiger partial charge in [0.05, 0.1) is 6.33 Å². The molecular weight excluding hydrogens is 284 g/mol. The fourth-order valence-corrected chi connectivity index (χ4v) is 2.69. The van der Waals surface area contributed by atoms with E-state index in [1.54, 1.807) is 0 Å². The van der Waals surface area contributed by atoms with E-state index in [0.29, 0.717) is 10.4 Å². The molecule has 0 aliphatic carbocycles. The fourth-order valence-electron chi connectivity index (χ4n) is 2.23. The van der Waals surface area contributed by atoms with Crippen molar-refractivity contribution < 1.29 is 0 Å². The maximum atomic E-state index is 11.5. The molecule has 0 aromatic carbocycles. The topological polar surface area (TPSA) is 75.0 Å². The van der Waals surface area contributed by atoms with E-state index in [-0.39, 0.29) is 11.6 Å². The molecule has 2 heterocycles. The molecule has 0 saturated carbocycles. The van der Waals surface area contributed by atoms with E-state index >= 15 is 0 Å². The van der Waals surface area contributed by atoms with Gasteiger partial charge in [0.25, 0.3) is 5.56 Å². The SMILES string of the molecule is CC(N)C1CCCN(c2nc[nH]c(=O)c2Br)C1. The number of hydrogen-bond acceptors (Lipinski definition) is 4. The van der Waals surface area contributed by atoms with Crippen molar-refractivity contribution in [1.82, 2.24) is 9.97 Å². The zero-order valence-electron chi connectivity index (χ0n) is 9.82. The van der Waals surface area contributed by atoms with Crippen molar-refractivity contribution in [1.29, 1.82) is 0 Å².